The normalized spacial score (nSPS) is 11.1. The minimum atomic E-state index is -0.0679. The van der Waals surface area contributed by atoms with Gasteiger partial charge in [0.15, 0.2) is 5.78 Å². The fraction of sp³-hybridized carbons (Fsp3) is 0.267. The molecule has 0 aromatic carbocycles. The Morgan fingerprint density at radius 3 is 3.00 bits per heavy atom. The Kier molecular flexibility index (Phi) is 3.70. The van der Waals surface area contributed by atoms with Gasteiger partial charge in [0.2, 0.25) is 0 Å². The fourth-order valence-electron chi connectivity index (χ4n) is 2.29. The molecule has 3 rings (SSSR count). The first-order valence-corrected chi connectivity index (χ1v) is 7.65. The molecule has 3 aromatic heterocycles. The smallest absolute Gasteiger partial charge is 0.276 e. The van der Waals surface area contributed by atoms with E-state index in [2.05, 4.69) is 5.10 Å². The average molecular weight is 301 g/mol. The number of hydrogen-bond donors (Lipinski definition) is 0. The van der Waals surface area contributed by atoms with Gasteiger partial charge in [0.25, 0.3) is 5.56 Å². The predicted octanol–water partition coefficient (Wildman–Crippen LogP) is 2.53. The Labute approximate surface area is 125 Å². The van der Waals surface area contributed by atoms with Gasteiger partial charge in [-0.3, -0.25) is 9.59 Å². The van der Waals surface area contributed by atoms with Crippen molar-refractivity contribution in [2.45, 2.75) is 26.3 Å². The Bertz CT molecular complexity index is 830. The highest BCUT2D eigenvalue weighted by atomic mass is 32.1. The van der Waals surface area contributed by atoms with Crippen LogP contribution in [0.25, 0.3) is 5.52 Å². The summed E-state index contributed by atoms with van der Waals surface area (Å²) in [6.45, 7) is 2.40. The molecule has 0 aliphatic heterocycles. The van der Waals surface area contributed by atoms with Gasteiger partial charge in [-0.1, -0.05) is 6.07 Å². The van der Waals surface area contributed by atoms with Crippen LogP contribution in [0.1, 0.15) is 28.2 Å². The highest BCUT2D eigenvalue weighted by molar-refractivity contribution is 7.12. The maximum absolute atomic E-state index is 12.3. The number of aryl methyl sites for hydroxylation is 2. The predicted molar refractivity (Wildman–Crippen MR) is 82.1 cm³/mol. The number of fused-ring (bicyclic) bond motifs is 1. The number of rotatable bonds is 5. The van der Waals surface area contributed by atoms with Crippen LogP contribution in [0.4, 0.5) is 0 Å². The number of hydrogen-bond acceptors (Lipinski definition) is 4. The summed E-state index contributed by atoms with van der Waals surface area (Å²) in [5.74, 6) is 0.138. The van der Waals surface area contributed by atoms with Crippen molar-refractivity contribution in [1.29, 1.82) is 0 Å². The largest absolute Gasteiger partial charge is 0.312 e. The lowest BCUT2D eigenvalue weighted by Gasteiger charge is -2.05. The van der Waals surface area contributed by atoms with E-state index in [9.17, 15) is 9.59 Å². The highest BCUT2D eigenvalue weighted by Crippen LogP contribution is 2.12. The van der Waals surface area contributed by atoms with E-state index >= 15 is 0 Å². The number of ketones is 1. The first-order valence-electron chi connectivity index (χ1n) is 6.77. The van der Waals surface area contributed by atoms with Gasteiger partial charge in [0.05, 0.1) is 10.6 Å². The maximum atomic E-state index is 12.3. The molecule has 21 heavy (non-hydrogen) atoms. The molecule has 3 heterocycles. The summed E-state index contributed by atoms with van der Waals surface area (Å²) in [5, 5.41) is 6.10. The molecule has 0 atom stereocenters. The molecule has 0 bridgehead atoms. The van der Waals surface area contributed by atoms with Crippen LogP contribution in [0.15, 0.2) is 40.8 Å². The topological polar surface area (TPSA) is 56.4 Å². The van der Waals surface area contributed by atoms with Crippen molar-refractivity contribution >= 4 is 22.6 Å². The summed E-state index contributed by atoms with van der Waals surface area (Å²) in [6, 6.07) is 5.48. The number of aromatic nitrogens is 3. The number of carbonyl (C=O) groups is 1. The zero-order chi connectivity index (χ0) is 14.8. The summed E-state index contributed by atoms with van der Waals surface area (Å²) < 4.78 is 3.23. The first kappa shape index (κ1) is 13.8. The average Bonchev–Trinajstić information content (AvgIpc) is 3.10. The molecule has 108 valence electrons. The summed E-state index contributed by atoms with van der Waals surface area (Å²) in [7, 11) is 0. The van der Waals surface area contributed by atoms with Gasteiger partial charge in [-0.2, -0.15) is 5.10 Å². The van der Waals surface area contributed by atoms with E-state index in [-0.39, 0.29) is 11.3 Å². The Hall–Kier alpha value is -2.21. The van der Waals surface area contributed by atoms with Gasteiger partial charge in [-0.15, -0.1) is 11.3 Å². The van der Waals surface area contributed by atoms with Crippen LogP contribution in [0.5, 0.6) is 0 Å². The third-order valence-electron chi connectivity index (χ3n) is 3.32. The zero-order valence-electron chi connectivity index (χ0n) is 11.7. The molecule has 0 fully saturated rings. The second kappa shape index (κ2) is 5.65. The van der Waals surface area contributed by atoms with Gasteiger partial charge in [-0.25, -0.2) is 4.52 Å². The number of carbonyl (C=O) groups excluding carboxylic acids is 1. The van der Waals surface area contributed by atoms with Crippen molar-refractivity contribution in [2.75, 3.05) is 0 Å². The molecule has 6 heteroatoms. The van der Waals surface area contributed by atoms with Gasteiger partial charge in [-0.05, 0) is 30.9 Å². The third-order valence-corrected chi connectivity index (χ3v) is 4.24. The minimum Gasteiger partial charge on any atom is -0.312 e. The molecule has 0 spiro atoms. The van der Waals surface area contributed by atoms with Crippen molar-refractivity contribution < 1.29 is 4.79 Å². The van der Waals surface area contributed by atoms with Crippen LogP contribution < -0.4 is 5.56 Å². The molecule has 0 saturated carbocycles. The van der Waals surface area contributed by atoms with E-state index in [1.54, 1.807) is 27.5 Å². The number of Topliss-reactive ketones (excluding diaryl/α,β-unsaturated/α-hetero) is 1. The van der Waals surface area contributed by atoms with Crippen LogP contribution in [0.2, 0.25) is 0 Å². The van der Waals surface area contributed by atoms with E-state index in [1.807, 2.05) is 24.4 Å². The molecule has 5 nitrogen and oxygen atoms in total. The zero-order valence-corrected chi connectivity index (χ0v) is 12.5. The van der Waals surface area contributed by atoms with E-state index in [0.717, 1.165) is 10.6 Å². The van der Waals surface area contributed by atoms with Gasteiger partial charge >= 0.3 is 0 Å². The molecule has 0 saturated heterocycles. The SMILES string of the molecule is Cc1cc2c(=O)n(CCCC(=O)c3cccs3)ccn2n1. The molecular formula is C15H15N3O2S. The van der Waals surface area contributed by atoms with Crippen molar-refractivity contribution in [3.63, 3.8) is 0 Å². The van der Waals surface area contributed by atoms with E-state index in [0.29, 0.717) is 24.9 Å². The number of nitrogens with zero attached hydrogens (tertiary/aromatic N) is 3. The summed E-state index contributed by atoms with van der Waals surface area (Å²) in [6.07, 6.45) is 4.60. The Morgan fingerprint density at radius 2 is 2.24 bits per heavy atom. The molecule has 0 amide bonds. The van der Waals surface area contributed by atoms with Crippen molar-refractivity contribution in [3.05, 3.63) is 56.9 Å². The summed E-state index contributed by atoms with van der Waals surface area (Å²) >= 11 is 1.46. The van der Waals surface area contributed by atoms with Crippen LogP contribution >= 0.6 is 11.3 Å². The fourth-order valence-corrected chi connectivity index (χ4v) is 2.99. The summed E-state index contributed by atoms with van der Waals surface area (Å²) in [5.41, 5.74) is 1.32. The van der Waals surface area contributed by atoms with E-state index in [1.165, 1.54) is 11.3 Å². The molecule has 3 aromatic rings. The van der Waals surface area contributed by atoms with Crippen molar-refractivity contribution in [2.24, 2.45) is 0 Å². The molecule has 0 unspecified atom stereocenters. The molecular weight excluding hydrogens is 286 g/mol. The molecule has 0 radical (unpaired) electrons. The highest BCUT2D eigenvalue weighted by Gasteiger charge is 2.08. The number of thiophene rings is 1. The lowest BCUT2D eigenvalue weighted by atomic mass is 10.2. The lowest BCUT2D eigenvalue weighted by Crippen LogP contribution is -2.21. The van der Waals surface area contributed by atoms with E-state index < -0.39 is 0 Å². The lowest BCUT2D eigenvalue weighted by molar-refractivity contribution is 0.0982. The minimum absolute atomic E-state index is 0.0679. The van der Waals surface area contributed by atoms with Crippen LogP contribution in [0.3, 0.4) is 0 Å². The Morgan fingerprint density at radius 1 is 1.38 bits per heavy atom. The molecule has 0 aliphatic carbocycles. The van der Waals surface area contributed by atoms with Crippen LogP contribution in [0, 0.1) is 6.92 Å². The Balaban J connectivity index is 1.69. The summed E-state index contributed by atoms with van der Waals surface area (Å²) in [4.78, 5) is 25.0. The molecule has 0 N–H and O–H groups in total. The van der Waals surface area contributed by atoms with Crippen LogP contribution in [-0.4, -0.2) is 20.0 Å². The van der Waals surface area contributed by atoms with E-state index in [4.69, 9.17) is 0 Å². The monoisotopic (exact) mass is 301 g/mol. The van der Waals surface area contributed by atoms with Crippen molar-refractivity contribution in [3.8, 4) is 0 Å². The second-order valence-electron chi connectivity index (χ2n) is 4.92. The first-order chi connectivity index (χ1) is 10.1. The van der Waals surface area contributed by atoms with Crippen molar-refractivity contribution in [1.82, 2.24) is 14.2 Å². The van der Waals surface area contributed by atoms with Gasteiger partial charge < -0.3 is 4.57 Å². The quantitative estimate of drug-likeness (QED) is 0.680. The standard InChI is InChI=1S/C15H15N3O2S/c1-11-10-12-15(20)17(7-8-18(12)16-11)6-2-4-13(19)14-5-3-9-21-14/h3,5,7-10H,2,4,6H2,1H3. The third kappa shape index (κ3) is 2.80. The van der Waals surface area contributed by atoms with Crippen LogP contribution in [-0.2, 0) is 6.54 Å². The maximum Gasteiger partial charge on any atom is 0.276 e. The van der Waals surface area contributed by atoms with Gasteiger partial charge in [0, 0.05) is 25.4 Å². The van der Waals surface area contributed by atoms with Gasteiger partial charge in [0.1, 0.15) is 5.52 Å². The molecule has 0 aliphatic rings. The second-order valence-corrected chi connectivity index (χ2v) is 5.86.